The molecule has 1 N–H and O–H groups in total. The molecule has 1 aromatic carbocycles. The van der Waals surface area contributed by atoms with E-state index in [-0.39, 0.29) is 5.69 Å². The standard InChI is InChI=1S/C14H14N2O3S/c1-2-13(17)11-8-7-10(9-15-11)20-14-6-4-3-5-12(14)16(18)19/h3-9,13,17H,2H2,1H3/t13-/m1/s1. The molecule has 0 saturated heterocycles. The van der Waals surface area contributed by atoms with Crippen LogP contribution in [0, 0.1) is 10.1 Å². The number of benzene rings is 1. The Morgan fingerprint density at radius 3 is 2.70 bits per heavy atom. The second-order valence-corrected chi connectivity index (χ2v) is 5.29. The summed E-state index contributed by atoms with van der Waals surface area (Å²) in [6.45, 7) is 1.88. The highest BCUT2D eigenvalue weighted by atomic mass is 32.2. The summed E-state index contributed by atoms with van der Waals surface area (Å²) in [5.41, 5.74) is 0.689. The van der Waals surface area contributed by atoms with Crippen LogP contribution in [0.1, 0.15) is 25.1 Å². The fraction of sp³-hybridized carbons (Fsp3) is 0.214. The van der Waals surface area contributed by atoms with Crippen molar-refractivity contribution in [2.75, 3.05) is 0 Å². The van der Waals surface area contributed by atoms with E-state index in [4.69, 9.17) is 0 Å². The van der Waals surface area contributed by atoms with Crippen molar-refractivity contribution in [1.82, 2.24) is 4.98 Å². The summed E-state index contributed by atoms with van der Waals surface area (Å²) in [4.78, 5) is 16.1. The number of para-hydroxylation sites is 1. The number of pyridine rings is 1. The maximum atomic E-state index is 10.9. The van der Waals surface area contributed by atoms with Crippen LogP contribution < -0.4 is 0 Å². The first-order chi connectivity index (χ1) is 9.61. The minimum Gasteiger partial charge on any atom is -0.387 e. The van der Waals surface area contributed by atoms with E-state index in [1.165, 1.54) is 17.8 Å². The van der Waals surface area contributed by atoms with E-state index in [1.54, 1.807) is 30.5 Å². The molecule has 1 atom stereocenters. The number of hydrogen-bond acceptors (Lipinski definition) is 5. The normalized spacial score (nSPS) is 12.1. The van der Waals surface area contributed by atoms with Crippen molar-refractivity contribution in [3.8, 4) is 0 Å². The molecule has 0 aliphatic rings. The molecule has 0 amide bonds. The number of aliphatic hydroxyl groups excluding tert-OH is 1. The van der Waals surface area contributed by atoms with Gasteiger partial charge in [0.25, 0.3) is 5.69 Å². The molecule has 2 rings (SSSR count). The molecule has 0 saturated carbocycles. The minimum absolute atomic E-state index is 0.0789. The number of hydrogen-bond donors (Lipinski definition) is 1. The first-order valence-electron chi connectivity index (χ1n) is 6.17. The molecule has 1 heterocycles. The van der Waals surface area contributed by atoms with Crippen LogP contribution in [0.5, 0.6) is 0 Å². The molecular weight excluding hydrogens is 276 g/mol. The lowest BCUT2D eigenvalue weighted by Gasteiger charge is -2.07. The van der Waals surface area contributed by atoms with Gasteiger partial charge in [0.1, 0.15) is 0 Å². The third-order valence-electron chi connectivity index (χ3n) is 2.78. The van der Waals surface area contributed by atoms with Gasteiger partial charge in [0, 0.05) is 17.2 Å². The summed E-state index contributed by atoms with van der Waals surface area (Å²) >= 11 is 1.28. The van der Waals surface area contributed by atoms with Crippen molar-refractivity contribution in [3.63, 3.8) is 0 Å². The molecule has 6 heteroatoms. The lowest BCUT2D eigenvalue weighted by molar-refractivity contribution is -0.387. The highest BCUT2D eigenvalue weighted by Gasteiger charge is 2.14. The van der Waals surface area contributed by atoms with Crippen molar-refractivity contribution >= 4 is 17.4 Å². The van der Waals surface area contributed by atoms with Gasteiger partial charge in [0.15, 0.2) is 0 Å². The van der Waals surface area contributed by atoms with Crippen LogP contribution in [0.25, 0.3) is 0 Å². The predicted octanol–water partition coefficient (Wildman–Crippen LogP) is 3.58. The first-order valence-corrected chi connectivity index (χ1v) is 6.98. The number of aromatic nitrogens is 1. The van der Waals surface area contributed by atoms with Gasteiger partial charge in [-0.3, -0.25) is 15.1 Å². The summed E-state index contributed by atoms with van der Waals surface area (Å²) in [6.07, 6.45) is 1.65. The monoisotopic (exact) mass is 290 g/mol. The van der Waals surface area contributed by atoms with Crippen molar-refractivity contribution in [1.29, 1.82) is 0 Å². The van der Waals surface area contributed by atoms with Gasteiger partial charge >= 0.3 is 0 Å². The maximum absolute atomic E-state index is 10.9. The topological polar surface area (TPSA) is 76.3 Å². The molecule has 2 aromatic rings. The molecule has 5 nitrogen and oxygen atoms in total. The van der Waals surface area contributed by atoms with Crippen LogP contribution in [0.2, 0.25) is 0 Å². The largest absolute Gasteiger partial charge is 0.387 e. The fourth-order valence-corrected chi connectivity index (χ4v) is 2.57. The zero-order chi connectivity index (χ0) is 14.5. The van der Waals surface area contributed by atoms with Crippen molar-refractivity contribution < 1.29 is 10.0 Å². The molecule has 0 radical (unpaired) electrons. The lowest BCUT2D eigenvalue weighted by Crippen LogP contribution is -1.98. The Morgan fingerprint density at radius 2 is 2.10 bits per heavy atom. The predicted molar refractivity (Wildman–Crippen MR) is 76.7 cm³/mol. The Kier molecular flexibility index (Phi) is 4.70. The number of rotatable bonds is 5. The zero-order valence-electron chi connectivity index (χ0n) is 10.9. The molecule has 1 aromatic heterocycles. The molecule has 0 aliphatic heterocycles. The van der Waals surface area contributed by atoms with Gasteiger partial charge in [0.05, 0.1) is 21.6 Å². The van der Waals surface area contributed by atoms with Crippen molar-refractivity contribution in [2.24, 2.45) is 0 Å². The summed E-state index contributed by atoms with van der Waals surface area (Å²) in [5.74, 6) is 0. The van der Waals surface area contributed by atoms with Crippen LogP contribution >= 0.6 is 11.8 Å². The van der Waals surface area contributed by atoms with E-state index >= 15 is 0 Å². The van der Waals surface area contributed by atoms with E-state index in [2.05, 4.69) is 4.98 Å². The van der Waals surface area contributed by atoms with Gasteiger partial charge in [-0.15, -0.1) is 0 Å². The number of nitro groups is 1. The van der Waals surface area contributed by atoms with Gasteiger partial charge in [-0.2, -0.15) is 0 Å². The van der Waals surface area contributed by atoms with Gasteiger partial charge in [-0.05, 0) is 24.6 Å². The van der Waals surface area contributed by atoms with Gasteiger partial charge < -0.3 is 5.11 Å². The molecule has 0 fully saturated rings. The Bertz CT molecular complexity index is 602. The first kappa shape index (κ1) is 14.5. The summed E-state index contributed by atoms with van der Waals surface area (Å²) in [6, 6.07) is 10.1. The highest BCUT2D eigenvalue weighted by Crippen LogP contribution is 2.34. The van der Waals surface area contributed by atoms with Crippen LogP contribution in [-0.2, 0) is 0 Å². The third kappa shape index (κ3) is 3.34. The second-order valence-electron chi connectivity index (χ2n) is 4.17. The summed E-state index contributed by atoms with van der Waals surface area (Å²) in [5, 5.41) is 20.6. The summed E-state index contributed by atoms with van der Waals surface area (Å²) < 4.78 is 0. The molecule has 0 spiro atoms. The quantitative estimate of drug-likeness (QED) is 0.672. The Morgan fingerprint density at radius 1 is 1.35 bits per heavy atom. The lowest BCUT2D eigenvalue weighted by atomic mass is 10.2. The number of nitro benzene ring substituents is 1. The van der Waals surface area contributed by atoms with E-state index in [9.17, 15) is 15.2 Å². The SMILES string of the molecule is CC[C@@H](O)c1ccc(Sc2ccccc2[N+](=O)[O-])cn1. The van der Waals surface area contributed by atoms with Crippen LogP contribution in [0.15, 0.2) is 52.4 Å². The molecule has 0 unspecified atom stereocenters. The van der Waals surface area contributed by atoms with Crippen molar-refractivity contribution in [2.45, 2.75) is 29.2 Å². The Balaban J connectivity index is 2.20. The van der Waals surface area contributed by atoms with Crippen LogP contribution in [0.3, 0.4) is 0 Å². The van der Waals surface area contributed by atoms with E-state index in [0.29, 0.717) is 17.0 Å². The van der Waals surface area contributed by atoms with Gasteiger partial charge in [-0.1, -0.05) is 30.8 Å². The average Bonchev–Trinajstić information content (AvgIpc) is 2.47. The van der Waals surface area contributed by atoms with Crippen LogP contribution in [0.4, 0.5) is 5.69 Å². The molecule has 0 aliphatic carbocycles. The van der Waals surface area contributed by atoms with Gasteiger partial charge in [-0.25, -0.2) is 0 Å². The fourth-order valence-electron chi connectivity index (χ4n) is 1.68. The molecule has 104 valence electrons. The summed E-state index contributed by atoms with van der Waals surface area (Å²) in [7, 11) is 0. The second kappa shape index (κ2) is 6.49. The van der Waals surface area contributed by atoms with E-state index in [0.717, 1.165) is 4.90 Å². The Hall–Kier alpha value is -1.92. The van der Waals surface area contributed by atoms with Crippen LogP contribution in [-0.4, -0.2) is 15.0 Å². The smallest absolute Gasteiger partial charge is 0.283 e. The zero-order valence-corrected chi connectivity index (χ0v) is 11.7. The van der Waals surface area contributed by atoms with Crippen molar-refractivity contribution in [3.05, 3.63) is 58.4 Å². The molecule has 0 bridgehead atoms. The van der Waals surface area contributed by atoms with Gasteiger partial charge in [0.2, 0.25) is 0 Å². The third-order valence-corrected chi connectivity index (χ3v) is 3.82. The van der Waals surface area contributed by atoms with E-state index < -0.39 is 11.0 Å². The molecule has 20 heavy (non-hydrogen) atoms. The van der Waals surface area contributed by atoms with E-state index in [1.807, 2.05) is 13.0 Å². The number of nitrogens with zero attached hydrogens (tertiary/aromatic N) is 2. The number of aliphatic hydroxyl groups is 1. The Labute approximate surface area is 120 Å². The average molecular weight is 290 g/mol. The minimum atomic E-state index is -0.569. The molecular formula is C14H14N2O3S. The maximum Gasteiger partial charge on any atom is 0.283 e. The highest BCUT2D eigenvalue weighted by molar-refractivity contribution is 7.99.